The van der Waals surface area contributed by atoms with Gasteiger partial charge in [0, 0.05) is 24.4 Å². The van der Waals surface area contributed by atoms with Crippen molar-refractivity contribution in [1.29, 1.82) is 0 Å². The van der Waals surface area contributed by atoms with Crippen LogP contribution >= 0.6 is 11.8 Å². The number of aromatic nitrogens is 3. The number of hydrogen-bond donors (Lipinski definition) is 2. The Hall–Kier alpha value is -1.86. The van der Waals surface area contributed by atoms with Crippen LogP contribution < -0.4 is 5.32 Å². The van der Waals surface area contributed by atoms with Crippen molar-refractivity contribution in [3.8, 4) is 0 Å². The average Bonchev–Trinajstić information content (AvgIpc) is 3.03. The molecule has 0 aliphatic carbocycles. The van der Waals surface area contributed by atoms with Crippen molar-refractivity contribution in [1.82, 2.24) is 25.4 Å². The second kappa shape index (κ2) is 8.30. The Kier molecular flexibility index (Phi) is 6.39. The highest BCUT2D eigenvalue weighted by Crippen LogP contribution is 2.19. The number of aromatic amines is 1. The van der Waals surface area contributed by atoms with E-state index in [2.05, 4.69) is 39.2 Å². The Morgan fingerprint density at radius 2 is 2.00 bits per heavy atom. The Balaban J connectivity index is 1.84. The van der Waals surface area contributed by atoms with Gasteiger partial charge in [-0.2, -0.15) is 5.10 Å². The van der Waals surface area contributed by atoms with Crippen LogP contribution in [-0.2, 0) is 5.75 Å². The van der Waals surface area contributed by atoms with Gasteiger partial charge in [-0.1, -0.05) is 37.7 Å². The summed E-state index contributed by atoms with van der Waals surface area (Å²) in [5, 5.41) is 10.4. The molecule has 2 N–H and O–H groups in total. The average molecular weight is 347 g/mol. The van der Waals surface area contributed by atoms with Crippen molar-refractivity contribution < 1.29 is 4.79 Å². The number of thioether (sulfide) groups is 1. The van der Waals surface area contributed by atoms with Gasteiger partial charge in [0.1, 0.15) is 6.33 Å². The monoisotopic (exact) mass is 347 g/mol. The van der Waals surface area contributed by atoms with Crippen LogP contribution in [0.15, 0.2) is 35.7 Å². The molecule has 1 aromatic heterocycles. The fraction of sp³-hybridized carbons (Fsp3) is 0.471. The number of nitrogens with zero attached hydrogens (tertiary/aromatic N) is 3. The number of benzene rings is 1. The highest BCUT2D eigenvalue weighted by Gasteiger charge is 2.20. The van der Waals surface area contributed by atoms with Gasteiger partial charge in [-0.25, -0.2) is 4.98 Å². The van der Waals surface area contributed by atoms with Gasteiger partial charge in [0.15, 0.2) is 5.16 Å². The minimum Gasteiger partial charge on any atom is -0.351 e. The third-order valence-corrected chi connectivity index (χ3v) is 4.40. The molecule has 7 heteroatoms. The molecule has 1 amide bonds. The molecule has 0 aliphatic rings. The van der Waals surface area contributed by atoms with E-state index < -0.39 is 0 Å². The number of carbonyl (C=O) groups excluding carboxylic acids is 1. The van der Waals surface area contributed by atoms with Crippen molar-refractivity contribution >= 4 is 17.7 Å². The van der Waals surface area contributed by atoms with Crippen LogP contribution in [0.1, 0.15) is 29.8 Å². The molecule has 0 fully saturated rings. The van der Waals surface area contributed by atoms with Gasteiger partial charge in [-0.15, -0.1) is 0 Å². The van der Waals surface area contributed by atoms with E-state index in [1.165, 1.54) is 6.33 Å². The summed E-state index contributed by atoms with van der Waals surface area (Å²) in [6.45, 7) is 5.87. The number of H-pyrrole nitrogens is 1. The Labute approximate surface area is 147 Å². The largest absolute Gasteiger partial charge is 0.351 e. The Morgan fingerprint density at radius 3 is 2.58 bits per heavy atom. The van der Waals surface area contributed by atoms with Crippen LogP contribution in [0, 0.1) is 5.41 Å². The van der Waals surface area contributed by atoms with Crippen LogP contribution in [0.3, 0.4) is 0 Å². The zero-order valence-corrected chi connectivity index (χ0v) is 15.5. The fourth-order valence-electron chi connectivity index (χ4n) is 2.50. The third kappa shape index (κ3) is 5.98. The summed E-state index contributed by atoms with van der Waals surface area (Å²) in [5.74, 6) is 0.753. The van der Waals surface area contributed by atoms with E-state index in [9.17, 15) is 4.79 Å². The Bertz CT molecular complexity index is 638. The maximum Gasteiger partial charge on any atom is 0.251 e. The van der Waals surface area contributed by atoms with Crippen molar-refractivity contribution in [2.75, 3.05) is 27.2 Å². The molecule has 0 atom stereocenters. The van der Waals surface area contributed by atoms with Crippen molar-refractivity contribution in [2.45, 2.75) is 24.8 Å². The summed E-state index contributed by atoms with van der Waals surface area (Å²) >= 11 is 1.58. The summed E-state index contributed by atoms with van der Waals surface area (Å²) in [5.41, 5.74) is 1.86. The number of nitrogens with one attached hydrogen (secondary N) is 2. The first-order chi connectivity index (χ1) is 11.4. The van der Waals surface area contributed by atoms with Crippen LogP contribution in [-0.4, -0.2) is 53.2 Å². The molecule has 24 heavy (non-hydrogen) atoms. The first-order valence-electron chi connectivity index (χ1n) is 7.86. The highest BCUT2D eigenvalue weighted by atomic mass is 32.2. The summed E-state index contributed by atoms with van der Waals surface area (Å²) < 4.78 is 0. The molecule has 0 saturated heterocycles. The topological polar surface area (TPSA) is 73.9 Å². The van der Waals surface area contributed by atoms with Gasteiger partial charge in [-0.3, -0.25) is 9.89 Å². The molecule has 0 unspecified atom stereocenters. The summed E-state index contributed by atoms with van der Waals surface area (Å²) in [6.07, 6.45) is 1.49. The van der Waals surface area contributed by atoms with Gasteiger partial charge in [-0.05, 0) is 37.2 Å². The molecule has 1 aromatic carbocycles. The van der Waals surface area contributed by atoms with E-state index in [4.69, 9.17) is 0 Å². The van der Waals surface area contributed by atoms with E-state index in [0.717, 1.165) is 23.0 Å². The predicted octanol–water partition coefficient (Wildman–Crippen LogP) is 2.41. The lowest BCUT2D eigenvalue weighted by atomic mass is 9.93. The minimum atomic E-state index is -0.0312. The summed E-state index contributed by atoms with van der Waals surface area (Å²) in [6, 6.07) is 7.68. The van der Waals surface area contributed by atoms with Gasteiger partial charge in [0.05, 0.1) is 0 Å². The zero-order chi connectivity index (χ0) is 17.6. The lowest BCUT2D eigenvalue weighted by Gasteiger charge is -2.28. The van der Waals surface area contributed by atoms with Crippen molar-refractivity contribution in [2.24, 2.45) is 5.41 Å². The molecule has 0 bridgehead atoms. The normalized spacial score (nSPS) is 11.7. The molecule has 0 radical (unpaired) electrons. The first kappa shape index (κ1) is 18.5. The van der Waals surface area contributed by atoms with Gasteiger partial charge in [0.25, 0.3) is 5.91 Å². The summed E-state index contributed by atoms with van der Waals surface area (Å²) in [4.78, 5) is 18.5. The van der Waals surface area contributed by atoms with Crippen LogP contribution in [0.5, 0.6) is 0 Å². The van der Waals surface area contributed by atoms with E-state index in [1.807, 2.05) is 38.4 Å². The van der Waals surface area contributed by atoms with Gasteiger partial charge < -0.3 is 10.2 Å². The lowest BCUT2D eigenvalue weighted by Crippen LogP contribution is -2.39. The van der Waals surface area contributed by atoms with Crippen LogP contribution in [0.4, 0.5) is 0 Å². The second-order valence-electron chi connectivity index (χ2n) is 6.86. The highest BCUT2D eigenvalue weighted by molar-refractivity contribution is 7.98. The fourth-order valence-corrected chi connectivity index (χ4v) is 3.24. The van der Waals surface area contributed by atoms with Crippen molar-refractivity contribution in [3.05, 3.63) is 41.7 Å². The number of amides is 1. The Morgan fingerprint density at radius 1 is 1.29 bits per heavy atom. The van der Waals surface area contributed by atoms with E-state index >= 15 is 0 Å². The molecule has 6 nitrogen and oxygen atoms in total. The van der Waals surface area contributed by atoms with Gasteiger partial charge in [0.2, 0.25) is 0 Å². The first-order valence-corrected chi connectivity index (χ1v) is 8.84. The molecule has 2 rings (SSSR count). The molecule has 0 saturated carbocycles. The minimum absolute atomic E-state index is 0.0312. The number of rotatable bonds is 8. The molecule has 130 valence electrons. The molecule has 2 aromatic rings. The molecule has 0 spiro atoms. The molecule has 1 heterocycles. The van der Waals surface area contributed by atoms with Gasteiger partial charge >= 0.3 is 0 Å². The quantitative estimate of drug-likeness (QED) is 0.718. The zero-order valence-electron chi connectivity index (χ0n) is 14.7. The maximum absolute atomic E-state index is 12.3. The predicted molar refractivity (Wildman–Crippen MR) is 97.1 cm³/mol. The number of carbonyl (C=O) groups is 1. The van der Waals surface area contributed by atoms with E-state index in [1.54, 1.807) is 11.8 Å². The molecular formula is C17H25N5OS. The van der Waals surface area contributed by atoms with Crippen molar-refractivity contribution in [3.63, 3.8) is 0 Å². The molecule has 0 aliphatic heterocycles. The second-order valence-corrected chi connectivity index (χ2v) is 7.82. The lowest BCUT2D eigenvalue weighted by molar-refractivity contribution is 0.0929. The van der Waals surface area contributed by atoms with Crippen LogP contribution in [0.25, 0.3) is 0 Å². The smallest absolute Gasteiger partial charge is 0.251 e. The van der Waals surface area contributed by atoms with E-state index in [-0.39, 0.29) is 11.3 Å². The third-order valence-electron chi connectivity index (χ3n) is 3.46. The SMILES string of the molecule is CN(C)CC(C)(C)CNC(=O)c1ccc(CSc2ncn[nH]2)cc1. The standard InChI is InChI=1S/C17H25N5OS/c1-17(2,11-22(3)4)10-18-15(23)14-7-5-13(6-8-14)9-24-16-19-12-20-21-16/h5-8,12H,9-11H2,1-4H3,(H,18,23)(H,19,20,21). The maximum atomic E-state index is 12.3. The molecular weight excluding hydrogens is 322 g/mol. The number of hydrogen-bond acceptors (Lipinski definition) is 5. The van der Waals surface area contributed by atoms with Crippen LogP contribution in [0.2, 0.25) is 0 Å². The van der Waals surface area contributed by atoms with E-state index in [0.29, 0.717) is 12.1 Å². The summed E-state index contributed by atoms with van der Waals surface area (Å²) in [7, 11) is 4.08.